The zero-order valence-corrected chi connectivity index (χ0v) is 7.03. The largest absolute Gasteiger partial charge is 0.390 e. The third-order valence-electron chi connectivity index (χ3n) is 2.07. The van der Waals surface area contributed by atoms with Crippen LogP contribution in [0.15, 0.2) is 0 Å². The molecule has 2 atom stereocenters. The van der Waals surface area contributed by atoms with Crippen LogP contribution in [0.1, 0.15) is 25.7 Å². The highest BCUT2D eigenvalue weighted by atomic mass is 16.5. The lowest BCUT2D eigenvalue weighted by molar-refractivity contribution is -0.138. The van der Waals surface area contributed by atoms with Crippen LogP contribution in [0.3, 0.4) is 0 Å². The third kappa shape index (κ3) is 2.46. The van der Waals surface area contributed by atoms with Gasteiger partial charge in [-0.25, -0.2) is 0 Å². The first-order valence-electron chi connectivity index (χ1n) is 4.31. The van der Waals surface area contributed by atoms with E-state index in [-0.39, 0.29) is 0 Å². The van der Waals surface area contributed by atoms with Gasteiger partial charge in [-0.15, -0.1) is 0 Å². The molecule has 0 spiro atoms. The summed E-state index contributed by atoms with van der Waals surface area (Å²) in [5, 5.41) is 9.42. The molecule has 1 unspecified atom stereocenters. The maximum atomic E-state index is 10.8. The summed E-state index contributed by atoms with van der Waals surface area (Å²) in [5.74, 6) is -0.565. The molecule has 0 aromatic heterocycles. The van der Waals surface area contributed by atoms with E-state index in [1.165, 1.54) is 0 Å². The minimum Gasteiger partial charge on any atom is -0.390 e. The van der Waals surface area contributed by atoms with Gasteiger partial charge in [-0.3, -0.25) is 4.79 Å². The van der Waals surface area contributed by atoms with Gasteiger partial charge in [0.25, 0.3) is 0 Å². The Morgan fingerprint density at radius 3 is 2.83 bits per heavy atom. The summed E-state index contributed by atoms with van der Waals surface area (Å²) in [5.41, 5.74) is 5.05. The van der Waals surface area contributed by atoms with Crippen molar-refractivity contribution in [2.75, 3.05) is 6.61 Å². The Hall–Kier alpha value is -0.610. The Morgan fingerprint density at radius 2 is 2.17 bits per heavy atom. The van der Waals surface area contributed by atoms with Gasteiger partial charge in [0.2, 0.25) is 5.91 Å². The van der Waals surface area contributed by atoms with Crippen LogP contribution in [0, 0.1) is 0 Å². The van der Waals surface area contributed by atoms with E-state index >= 15 is 0 Å². The van der Waals surface area contributed by atoms with Crippen molar-refractivity contribution in [2.24, 2.45) is 5.73 Å². The normalized spacial score (nSPS) is 32.1. The highest BCUT2D eigenvalue weighted by Gasteiger charge is 2.26. The van der Waals surface area contributed by atoms with Crippen LogP contribution >= 0.6 is 0 Å². The van der Waals surface area contributed by atoms with Gasteiger partial charge in [-0.05, 0) is 12.8 Å². The second kappa shape index (κ2) is 4.42. The standard InChI is InChI=1S/C8H15NO3/c9-8(11)7-6(10)4-2-1-3-5-12-7/h6-7,10H,1-5H2,(H2,9,11)/t6-,7?/m0/s1. The second-order valence-electron chi connectivity index (χ2n) is 3.11. The number of nitrogens with two attached hydrogens (primary N) is 1. The predicted octanol–water partition coefficient (Wildman–Crippen LogP) is -0.208. The monoisotopic (exact) mass is 173 g/mol. The minimum absolute atomic E-state index is 0.519. The zero-order chi connectivity index (χ0) is 8.97. The van der Waals surface area contributed by atoms with E-state index in [2.05, 4.69) is 0 Å². The molecule has 0 aliphatic carbocycles. The summed E-state index contributed by atoms with van der Waals surface area (Å²) >= 11 is 0. The Kier molecular flexibility index (Phi) is 3.49. The molecule has 0 saturated carbocycles. The lowest BCUT2D eigenvalue weighted by Gasteiger charge is -2.22. The van der Waals surface area contributed by atoms with E-state index in [0.717, 1.165) is 19.3 Å². The maximum absolute atomic E-state index is 10.8. The van der Waals surface area contributed by atoms with Crippen molar-refractivity contribution in [3.05, 3.63) is 0 Å². The van der Waals surface area contributed by atoms with Crippen molar-refractivity contribution < 1.29 is 14.6 Å². The molecule has 0 bridgehead atoms. The number of aliphatic hydroxyl groups excluding tert-OH is 1. The number of amides is 1. The minimum atomic E-state index is -0.801. The van der Waals surface area contributed by atoms with Gasteiger partial charge in [0.05, 0.1) is 6.10 Å². The number of rotatable bonds is 1. The molecule has 1 heterocycles. The molecule has 1 aliphatic rings. The fourth-order valence-electron chi connectivity index (χ4n) is 1.38. The number of hydrogen-bond acceptors (Lipinski definition) is 3. The molecule has 12 heavy (non-hydrogen) atoms. The van der Waals surface area contributed by atoms with Crippen LogP contribution in [0.5, 0.6) is 0 Å². The van der Waals surface area contributed by atoms with E-state index in [9.17, 15) is 9.90 Å². The Labute approximate surface area is 71.7 Å². The summed E-state index contributed by atoms with van der Waals surface area (Å²) in [4.78, 5) is 10.8. The van der Waals surface area contributed by atoms with Crippen molar-refractivity contribution in [1.29, 1.82) is 0 Å². The molecular weight excluding hydrogens is 158 g/mol. The highest BCUT2D eigenvalue weighted by molar-refractivity contribution is 5.79. The van der Waals surface area contributed by atoms with Crippen LogP contribution in [-0.2, 0) is 9.53 Å². The van der Waals surface area contributed by atoms with Crippen LogP contribution < -0.4 is 5.73 Å². The molecule has 4 nitrogen and oxygen atoms in total. The van der Waals surface area contributed by atoms with Gasteiger partial charge in [0.1, 0.15) is 0 Å². The number of carbonyl (C=O) groups is 1. The molecule has 1 rings (SSSR count). The summed E-state index contributed by atoms with van der Waals surface area (Å²) in [7, 11) is 0. The van der Waals surface area contributed by atoms with Crippen LogP contribution in [0.25, 0.3) is 0 Å². The average molecular weight is 173 g/mol. The van der Waals surface area contributed by atoms with Crippen LogP contribution in [0.2, 0.25) is 0 Å². The van der Waals surface area contributed by atoms with Crippen molar-refractivity contribution in [3.63, 3.8) is 0 Å². The molecular formula is C8H15NO3. The van der Waals surface area contributed by atoms with E-state index in [1.54, 1.807) is 0 Å². The number of hydrogen-bond donors (Lipinski definition) is 2. The quantitative estimate of drug-likeness (QED) is 0.576. The van der Waals surface area contributed by atoms with Gasteiger partial charge in [-0.1, -0.05) is 12.8 Å². The number of ether oxygens (including phenoxy) is 1. The molecule has 70 valence electrons. The Balaban J connectivity index is 2.48. The molecule has 1 amide bonds. The SMILES string of the molecule is NC(=O)C1OCCCCC[C@@H]1O. The first kappa shape index (κ1) is 9.48. The van der Waals surface area contributed by atoms with E-state index in [1.807, 2.05) is 0 Å². The van der Waals surface area contributed by atoms with Gasteiger partial charge in [0.15, 0.2) is 6.10 Å². The molecule has 1 aliphatic heterocycles. The lowest BCUT2D eigenvalue weighted by Crippen LogP contribution is -2.42. The third-order valence-corrected chi connectivity index (χ3v) is 2.07. The zero-order valence-electron chi connectivity index (χ0n) is 7.03. The van der Waals surface area contributed by atoms with Gasteiger partial charge in [-0.2, -0.15) is 0 Å². The van der Waals surface area contributed by atoms with Crippen LogP contribution in [0.4, 0.5) is 0 Å². The van der Waals surface area contributed by atoms with Crippen molar-refractivity contribution in [2.45, 2.75) is 37.9 Å². The summed E-state index contributed by atoms with van der Waals surface area (Å²) in [6, 6.07) is 0. The Morgan fingerprint density at radius 1 is 1.42 bits per heavy atom. The van der Waals surface area contributed by atoms with Crippen molar-refractivity contribution in [3.8, 4) is 0 Å². The lowest BCUT2D eigenvalue weighted by atomic mass is 10.0. The number of primary amides is 1. The van der Waals surface area contributed by atoms with Gasteiger partial charge < -0.3 is 15.6 Å². The molecule has 1 saturated heterocycles. The molecule has 1 fully saturated rings. The topological polar surface area (TPSA) is 72.6 Å². The first-order chi connectivity index (χ1) is 5.72. The van der Waals surface area contributed by atoms with Crippen molar-refractivity contribution in [1.82, 2.24) is 0 Å². The smallest absolute Gasteiger partial charge is 0.249 e. The summed E-state index contributed by atoms with van der Waals surface area (Å²) < 4.78 is 5.13. The molecule has 0 aromatic rings. The van der Waals surface area contributed by atoms with Gasteiger partial charge in [0, 0.05) is 6.61 Å². The average Bonchev–Trinajstić information content (AvgIpc) is 1.96. The number of carbonyl (C=O) groups excluding carboxylic acids is 1. The molecule has 0 aromatic carbocycles. The molecule has 4 heteroatoms. The molecule has 3 N–H and O–H groups in total. The predicted molar refractivity (Wildman–Crippen MR) is 43.4 cm³/mol. The molecule has 0 radical (unpaired) electrons. The van der Waals surface area contributed by atoms with Crippen LogP contribution in [-0.4, -0.2) is 29.8 Å². The summed E-state index contributed by atoms with van der Waals surface area (Å²) in [6.07, 6.45) is 2.01. The van der Waals surface area contributed by atoms with Gasteiger partial charge >= 0.3 is 0 Å². The second-order valence-corrected chi connectivity index (χ2v) is 3.11. The fraction of sp³-hybridized carbons (Fsp3) is 0.875. The fourth-order valence-corrected chi connectivity index (χ4v) is 1.38. The number of aliphatic hydroxyl groups is 1. The van der Waals surface area contributed by atoms with E-state index in [0.29, 0.717) is 13.0 Å². The Bertz CT molecular complexity index is 160. The summed E-state index contributed by atoms with van der Waals surface area (Å²) in [6.45, 7) is 0.519. The maximum Gasteiger partial charge on any atom is 0.249 e. The first-order valence-corrected chi connectivity index (χ1v) is 4.31. The highest BCUT2D eigenvalue weighted by Crippen LogP contribution is 2.13. The van der Waals surface area contributed by atoms with E-state index in [4.69, 9.17) is 10.5 Å². The van der Waals surface area contributed by atoms with Crippen molar-refractivity contribution >= 4 is 5.91 Å². The van der Waals surface area contributed by atoms with E-state index < -0.39 is 18.1 Å².